The average Bonchev–Trinajstić information content (AvgIpc) is 2.91. The van der Waals surface area contributed by atoms with Crippen molar-refractivity contribution in [2.24, 2.45) is 7.05 Å². The standard InChI is InChI=1S/C11H14N4O2S/c1-8-10(6-13-14(8)2)5-12-4-9-3-11(15(16)17)18-7-9/h3,6-7,12H,4-5H2,1-2H3. The van der Waals surface area contributed by atoms with Gasteiger partial charge in [-0.25, -0.2) is 0 Å². The summed E-state index contributed by atoms with van der Waals surface area (Å²) in [5, 5.41) is 19.9. The summed E-state index contributed by atoms with van der Waals surface area (Å²) in [7, 11) is 1.90. The van der Waals surface area contributed by atoms with Gasteiger partial charge in [-0.1, -0.05) is 11.3 Å². The van der Waals surface area contributed by atoms with Crippen molar-refractivity contribution < 1.29 is 4.92 Å². The molecule has 6 nitrogen and oxygen atoms in total. The SMILES string of the molecule is Cc1c(CNCc2csc([N+](=O)[O-])c2)cnn1C. The highest BCUT2D eigenvalue weighted by molar-refractivity contribution is 7.13. The van der Waals surface area contributed by atoms with Gasteiger partial charge in [-0.3, -0.25) is 14.8 Å². The van der Waals surface area contributed by atoms with Crippen LogP contribution in [-0.2, 0) is 20.1 Å². The van der Waals surface area contributed by atoms with Crippen LogP contribution in [0.4, 0.5) is 5.00 Å². The van der Waals surface area contributed by atoms with Crippen LogP contribution in [0.5, 0.6) is 0 Å². The number of hydrogen-bond donors (Lipinski definition) is 1. The molecule has 0 saturated heterocycles. The summed E-state index contributed by atoms with van der Waals surface area (Å²) in [6.07, 6.45) is 1.83. The van der Waals surface area contributed by atoms with Gasteiger partial charge < -0.3 is 5.32 Å². The second-order valence-corrected chi connectivity index (χ2v) is 4.92. The van der Waals surface area contributed by atoms with Gasteiger partial charge in [0.15, 0.2) is 0 Å². The number of aryl methyl sites for hydroxylation is 1. The van der Waals surface area contributed by atoms with Gasteiger partial charge in [-0.15, -0.1) is 0 Å². The lowest BCUT2D eigenvalue weighted by Crippen LogP contribution is -2.12. The Balaban J connectivity index is 1.88. The molecule has 0 aromatic carbocycles. The highest BCUT2D eigenvalue weighted by Crippen LogP contribution is 2.22. The van der Waals surface area contributed by atoms with E-state index in [1.54, 1.807) is 11.4 Å². The first kappa shape index (κ1) is 12.7. The van der Waals surface area contributed by atoms with Crippen LogP contribution in [0.15, 0.2) is 17.6 Å². The van der Waals surface area contributed by atoms with Crippen LogP contribution >= 0.6 is 11.3 Å². The third kappa shape index (κ3) is 2.74. The predicted molar refractivity (Wildman–Crippen MR) is 69.5 cm³/mol. The predicted octanol–water partition coefficient (Wildman–Crippen LogP) is 1.99. The maximum Gasteiger partial charge on any atom is 0.324 e. The fourth-order valence-corrected chi connectivity index (χ4v) is 2.34. The molecule has 0 aliphatic carbocycles. The fraction of sp³-hybridized carbons (Fsp3) is 0.364. The van der Waals surface area contributed by atoms with E-state index in [1.807, 2.05) is 24.9 Å². The molecule has 2 aromatic rings. The number of nitro groups is 1. The molecule has 2 aromatic heterocycles. The van der Waals surface area contributed by atoms with Crippen molar-refractivity contribution in [3.8, 4) is 0 Å². The van der Waals surface area contributed by atoms with Crippen LogP contribution in [0, 0.1) is 17.0 Å². The smallest absolute Gasteiger partial charge is 0.308 e. The number of aromatic nitrogens is 2. The Kier molecular flexibility index (Phi) is 3.73. The van der Waals surface area contributed by atoms with Crippen molar-refractivity contribution in [3.63, 3.8) is 0 Å². The maximum absolute atomic E-state index is 10.5. The third-order valence-electron chi connectivity index (χ3n) is 2.80. The fourth-order valence-electron chi connectivity index (χ4n) is 1.61. The quantitative estimate of drug-likeness (QED) is 0.663. The normalized spacial score (nSPS) is 10.8. The topological polar surface area (TPSA) is 73.0 Å². The maximum atomic E-state index is 10.5. The van der Waals surface area contributed by atoms with E-state index in [9.17, 15) is 10.1 Å². The van der Waals surface area contributed by atoms with Crippen molar-refractivity contribution in [1.29, 1.82) is 0 Å². The number of nitrogens with one attached hydrogen (secondary N) is 1. The Labute approximate surface area is 108 Å². The first-order valence-corrected chi connectivity index (χ1v) is 6.36. The van der Waals surface area contributed by atoms with Gasteiger partial charge in [0.2, 0.25) is 0 Å². The van der Waals surface area contributed by atoms with Crippen LogP contribution in [0.1, 0.15) is 16.8 Å². The second kappa shape index (κ2) is 5.28. The van der Waals surface area contributed by atoms with E-state index in [2.05, 4.69) is 10.4 Å². The zero-order valence-electron chi connectivity index (χ0n) is 10.2. The van der Waals surface area contributed by atoms with E-state index in [-0.39, 0.29) is 9.92 Å². The minimum Gasteiger partial charge on any atom is -0.308 e. The molecule has 0 spiro atoms. The Morgan fingerprint density at radius 1 is 1.56 bits per heavy atom. The molecule has 0 aliphatic heterocycles. The van der Waals surface area contributed by atoms with Gasteiger partial charge >= 0.3 is 5.00 Å². The van der Waals surface area contributed by atoms with Crippen molar-refractivity contribution in [3.05, 3.63) is 44.6 Å². The van der Waals surface area contributed by atoms with E-state index in [0.717, 1.165) is 28.2 Å². The van der Waals surface area contributed by atoms with Crippen LogP contribution in [-0.4, -0.2) is 14.7 Å². The number of rotatable bonds is 5. The van der Waals surface area contributed by atoms with E-state index >= 15 is 0 Å². The molecule has 2 rings (SSSR count). The number of thiophene rings is 1. The molecule has 0 unspecified atom stereocenters. The first-order valence-electron chi connectivity index (χ1n) is 5.48. The zero-order valence-corrected chi connectivity index (χ0v) is 11.0. The third-order valence-corrected chi connectivity index (χ3v) is 3.73. The summed E-state index contributed by atoms with van der Waals surface area (Å²) in [5.74, 6) is 0. The number of nitrogens with zero attached hydrogens (tertiary/aromatic N) is 3. The van der Waals surface area contributed by atoms with Crippen LogP contribution < -0.4 is 5.32 Å². The van der Waals surface area contributed by atoms with E-state index in [4.69, 9.17) is 0 Å². The molecule has 96 valence electrons. The van der Waals surface area contributed by atoms with Crippen molar-refractivity contribution >= 4 is 16.3 Å². The highest BCUT2D eigenvalue weighted by Gasteiger charge is 2.09. The summed E-state index contributed by atoms with van der Waals surface area (Å²) < 4.78 is 1.83. The molecule has 0 fully saturated rings. The second-order valence-electron chi connectivity index (χ2n) is 4.03. The monoisotopic (exact) mass is 266 g/mol. The largest absolute Gasteiger partial charge is 0.324 e. The van der Waals surface area contributed by atoms with E-state index < -0.39 is 0 Å². The van der Waals surface area contributed by atoms with Gasteiger partial charge in [-0.2, -0.15) is 5.10 Å². The lowest BCUT2D eigenvalue weighted by atomic mass is 10.2. The minimum absolute atomic E-state index is 0.185. The zero-order chi connectivity index (χ0) is 13.1. The molecule has 7 heteroatoms. The van der Waals surface area contributed by atoms with E-state index in [1.165, 1.54) is 0 Å². The molecule has 0 amide bonds. The summed E-state index contributed by atoms with van der Waals surface area (Å²) in [6.45, 7) is 3.35. The Morgan fingerprint density at radius 2 is 2.33 bits per heavy atom. The van der Waals surface area contributed by atoms with Gasteiger partial charge in [0.05, 0.1) is 11.1 Å². The average molecular weight is 266 g/mol. The molecule has 2 heterocycles. The lowest BCUT2D eigenvalue weighted by molar-refractivity contribution is -0.380. The summed E-state index contributed by atoms with van der Waals surface area (Å²) in [6, 6.07) is 1.60. The summed E-state index contributed by atoms with van der Waals surface area (Å²) in [5.41, 5.74) is 3.20. The van der Waals surface area contributed by atoms with Crippen molar-refractivity contribution in [2.75, 3.05) is 0 Å². The van der Waals surface area contributed by atoms with Crippen molar-refractivity contribution in [1.82, 2.24) is 15.1 Å². The summed E-state index contributed by atoms with van der Waals surface area (Å²) in [4.78, 5) is 10.2. The Bertz CT molecular complexity index is 561. The molecule has 0 aliphatic rings. The molecule has 1 N–H and O–H groups in total. The van der Waals surface area contributed by atoms with Gasteiger partial charge in [0.25, 0.3) is 0 Å². The molecule has 18 heavy (non-hydrogen) atoms. The Hall–Kier alpha value is -1.73. The summed E-state index contributed by atoms with van der Waals surface area (Å²) >= 11 is 1.16. The minimum atomic E-state index is -0.362. The van der Waals surface area contributed by atoms with Crippen molar-refractivity contribution in [2.45, 2.75) is 20.0 Å². The van der Waals surface area contributed by atoms with Crippen LogP contribution in [0.25, 0.3) is 0 Å². The van der Waals surface area contributed by atoms with Gasteiger partial charge in [0.1, 0.15) is 0 Å². The molecular weight excluding hydrogens is 252 g/mol. The van der Waals surface area contributed by atoms with Crippen LogP contribution in [0.2, 0.25) is 0 Å². The number of hydrogen-bond acceptors (Lipinski definition) is 5. The van der Waals surface area contributed by atoms with Gasteiger partial charge in [0, 0.05) is 42.8 Å². The molecule has 0 atom stereocenters. The Morgan fingerprint density at radius 3 is 2.89 bits per heavy atom. The van der Waals surface area contributed by atoms with Crippen LogP contribution in [0.3, 0.4) is 0 Å². The van der Waals surface area contributed by atoms with E-state index in [0.29, 0.717) is 13.1 Å². The highest BCUT2D eigenvalue weighted by atomic mass is 32.1. The molecular formula is C11H14N4O2S. The van der Waals surface area contributed by atoms with Gasteiger partial charge in [-0.05, 0) is 12.5 Å². The molecule has 0 saturated carbocycles. The lowest BCUT2D eigenvalue weighted by Gasteiger charge is -2.02. The first-order chi connectivity index (χ1) is 8.58. The molecule has 0 bridgehead atoms. The molecule has 0 radical (unpaired) electrons.